The normalized spacial score (nSPS) is 11.6. The van der Waals surface area contributed by atoms with E-state index in [9.17, 15) is 13.2 Å². The van der Waals surface area contributed by atoms with E-state index >= 15 is 0 Å². The first-order chi connectivity index (χ1) is 13.5. The molecule has 0 aliphatic rings. The molecule has 0 fully saturated rings. The number of benzene rings is 2. The second-order valence-corrected chi connectivity index (χ2v) is 9.10. The average Bonchev–Trinajstić information content (AvgIpc) is 3.33. The Hall–Kier alpha value is -2.97. The maximum absolute atomic E-state index is 12.6. The summed E-state index contributed by atoms with van der Waals surface area (Å²) in [5.41, 5.74) is 1.10. The molecule has 4 aromatic rings. The molecule has 2 aromatic carbocycles. The number of hydrogen-bond acceptors (Lipinski definition) is 7. The maximum Gasteiger partial charge on any atom is 0.374 e. The van der Waals surface area contributed by atoms with Crippen LogP contribution < -0.4 is 0 Å². The molecule has 8 heteroatoms. The fraction of sp³-hybridized carbons (Fsp3) is 0.100. The molecular formula is C20H15NO5S2. The summed E-state index contributed by atoms with van der Waals surface area (Å²) in [5, 5.41) is 0.652. The monoisotopic (exact) mass is 413 g/mol. The molecule has 4 rings (SSSR count). The number of sulfone groups is 1. The Balaban J connectivity index is 1.48. The van der Waals surface area contributed by atoms with Crippen LogP contribution in [-0.2, 0) is 26.9 Å². The van der Waals surface area contributed by atoms with Gasteiger partial charge in [-0.05, 0) is 30.3 Å². The predicted molar refractivity (Wildman–Crippen MR) is 105 cm³/mol. The van der Waals surface area contributed by atoms with Crippen molar-refractivity contribution in [3.8, 4) is 0 Å². The number of esters is 1. The van der Waals surface area contributed by atoms with Gasteiger partial charge in [0.15, 0.2) is 9.84 Å². The van der Waals surface area contributed by atoms with E-state index in [0.29, 0.717) is 5.01 Å². The van der Waals surface area contributed by atoms with Crippen LogP contribution in [-0.4, -0.2) is 19.4 Å². The van der Waals surface area contributed by atoms with E-state index in [1.54, 1.807) is 18.2 Å². The number of aromatic nitrogens is 1. The molecule has 2 heterocycles. The predicted octanol–water partition coefficient (Wildman–Crippen LogP) is 4.22. The molecule has 0 atom stereocenters. The first-order valence-electron chi connectivity index (χ1n) is 8.39. The Morgan fingerprint density at radius 1 is 1.04 bits per heavy atom. The lowest BCUT2D eigenvalue weighted by molar-refractivity contribution is 0.0434. The van der Waals surface area contributed by atoms with Crippen molar-refractivity contribution in [3.63, 3.8) is 0 Å². The van der Waals surface area contributed by atoms with E-state index in [1.165, 1.54) is 35.8 Å². The second-order valence-electron chi connectivity index (χ2n) is 6.00. The van der Waals surface area contributed by atoms with Crippen molar-refractivity contribution in [2.75, 3.05) is 0 Å². The summed E-state index contributed by atoms with van der Waals surface area (Å²) in [6, 6.07) is 17.2. The van der Waals surface area contributed by atoms with E-state index in [4.69, 9.17) is 9.15 Å². The standard InChI is InChI=1S/C20H15NO5S2/c22-20(26-12-18-21-16-8-4-5-9-17(16)27-18)19-14(10-11-25-19)13-28(23,24)15-6-2-1-3-7-15/h1-11H,12-13H2. The molecule has 142 valence electrons. The van der Waals surface area contributed by atoms with Crippen LogP contribution in [0.3, 0.4) is 0 Å². The van der Waals surface area contributed by atoms with Crippen molar-refractivity contribution in [2.24, 2.45) is 0 Å². The topological polar surface area (TPSA) is 86.5 Å². The summed E-state index contributed by atoms with van der Waals surface area (Å²) in [6.45, 7) is -0.0102. The Morgan fingerprint density at radius 2 is 1.79 bits per heavy atom. The summed E-state index contributed by atoms with van der Waals surface area (Å²) in [7, 11) is -3.60. The highest BCUT2D eigenvalue weighted by Gasteiger charge is 2.23. The third-order valence-electron chi connectivity index (χ3n) is 4.04. The zero-order valence-corrected chi connectivity index (χ0v) is 16.2. The van der Waals surface area contributed by atoms with Crippen LogP contribution in [0, 0.1) is 0 Å². The smallest absolute Gasteiger partial charge is 0.374 e. The Morgan fingerprint density at radius 3 is 2.57 bits per heavy atom. The molecule has 0 aliphatic heterocycles. The molecule has 0 saturated carbocycles. The number of carbonyl (C=O) groups excluding carboxylic acids is 1. The Labute approximate surface area is 165 Å². The van der Waals surface area contributed by atoms with Crippen LogP contribution in [0.15, 0.2) is 76.2 Å². The minimum atomic E-state index is -3.60. The van der Waals surface area contributed by atoms with Gasteiger partial charge in [-0.3, -0.25) is 0 Å². The molecule has 0 saturated heterocycles. The summed E-state index contributed by atoms with van der Waals surface area (Å²) in [5.74, 6) is -1.18. The van der Waals surface area contributed by atoms with E-state index < -0.39 is 15.8 Å². The molecule has 0 amide bonds. The van der Waals surface area contributed by atoms with Crippen LogP contribution in [0.2, 0.25) is 0 Å². The van der Waals surface area contributed by atoms with Gasteiger partial charge in [0.1, 0.15) is 11.6 Å². The molecule has 28 heavy (non-hydrogen) atoms. The number of rotatable bonds is 6. The van der Waals surface area contributed by atoms with E-state index in [2.05, 4.69) is 4.98 Å². The number of thiazole rings is 1. The van der Waals surface area contributed by atoms with Crippen LogP contribution in [0.25, 0.3) is 10.2 Å². The molecular weight excluding hydrogens is 398 g/mol. The van der Waals surface area contributed by atoms with Gasteiger partial charge in [0.05, 0.1) is 27.1 Å². The van der Waals surface area contributed by atoms with E-state index in [1.807, 2.05) is 24.3 Å². The van der Waals surface area contributed by atoms with Crippen molar-refractivity contribution in [2.45, 2.75) is 17.3 Å². The van der Waals surface area contributed by atoms with Crippen molar-refractivity contribution in [3.05, 3.63) is 83.3 Å². The molecule has 2 aromatic heterocycles. The quantitative estimate of drug-likeness (QED) is 0.440. The third kappa shape index (κ3) is 3.83. The number of para-hydroxylation sites is 1. The molecule has 0 bridgehead atoms. The van der Waals surface area contributed by atoms with Gasteiger partial charge in [-0.2, -0.15) is 0 Å². The Bertz CT molecular complexity index is 1190. The first-order valence-corrected chi connectivity index (χ1v) is 10.9. The highest BCUT2D eigenvalue weighted by atomic mass is 32.2. The van der Waals surface area contributed by atoms with Crippen LogP contribution >= 0.6 is 11.3 Å². The van der Waals surface area contributed by atoms with Gasteiger partial charge in [0, 0.05) is 5.56 Å². The first kappa shape index (κ1) is 18.4. The largest absolute Gasteiger partial charge is 0.457 e. The second kappa shape index (κ2) is 7.57. The highest BCUT2D eigenvalue weighted by molar-refractivity contribution is 7.90. The number of ether oxygens (including phenoxy) is 1. The molecule has 0 unspecified atom stereocenters. The molecule has 0 radical (unpaired) electrons. The van der Waals surface area contributed by atoms with Gasteiger partial charge in [-0.1, -0.05) is 30.3 Å². The van der Waals surface area contributed by atoms with Gasteiger partial charge in [-0.15, -0.1) is 11.3 Å². The third-order valence-corrected chi connectivity index (χ3v) is 6.74. The summed E-state index contributed by atoms with van der Waals surface area (Å²) >= 11 is 1.43. The number of carbonyl (C=O) groups is 1. The SMILES string of the molecule is O=C(OCc1nc2ccccc2s1)c1occc1CS(=O)(=O)c1ccccc1. The number of fused-ring (bicyclic) bond motifs is 1. The fourth-order valence-electron chi connectivity index (χ4n) is 2.72. The zero-order valence-electron chi connectivity index (χ0n) is 14.6. The number of hydrogen-bond donors (Lipinski definition) is 0. The number of nitrogens with zero attached hydrogens (tertiary/aromatic N) is 1. The van der Waals surface area contributed by atoms with Crippen molar-refractivity contribution in [1.29, 1.82) is 0 Å². The lowest BCUT2D eigenvalue weighted by Crippen LogP contribution is -2.10. The number of furan rings is 1. The summed E-state index contributed by atoms with van der Waals surface area (Å²) < 4.78 is 36.6. The minimum absolute atomic E-state index is 0.0102. The van der Waals surface area contributed by atoms with Crippen LogP contribution in [0.5, 0.6) is 0 Å². The van der Waals surface area contributed by atoms with Crippen molar-refractivity contribution in [1.82, 2.24) is 4.98 Å². The van der Waals surface area contributed by atoms with Gasteiger partial charge >= 0.3 is 5.97 Å². The average molecular weight is 413 g/mol. The lowest BCUT2D eigenvalue weighted by Gasteiger charge is -2.05. The zero-order chi connectivity index (χ0) is 19.6. The van der Waals surface area contributed by atoms with E-state index in [-0.39, 0.29) is 28.6 Å². The highest BCUT2D eigenvalue weighted by Crippen LogP contribution is 2.24. The Kier molecular flexibility index (Phi) is 4.97. The van der Waals surface area contributed by atoms with Gasteiger partial charge in [0.25, 0.3) is 0 Å². The van der Waals surface area contributed by atoms with Gasteiger partial charge in [-0.25, -0.2) is 18.2 Å². The van der Waals surface area contributed by atoms with Crippen molar-refractivity contribution >= 4 is 37.4 Å². The lowest BCUT2D eigenvalue weighted by atomic mass is 10.3. The molecule has 0 aliphatic carbocycles. The minimum Gasteiger partial charge on any atom is -0.457 e. The fourth-order valence-corrected chi connectivity index (χ4v) is 4.97. The van der Waals surface area contributed by atoms with Gasteiger partial charge < -0.3 is 9.15 Å². The summed E-state index contributed by atoms with van der Waals surface area (Å²) in [6.07, 6.45) is 1.28. The summed E-state index contributed by atoms with van der Waals surface area (Å²) in [4.78, 5) is 17.0. The van der Waals surface area contributed by atoms with Crippen LogP contribution in [0.1, 0.15) is 21.1 Å². The molecule has 0 spiro atoms. The van der Waals surface area contributed by atoms with Crippen LogP contribution in [0.4, 0.5) is 0 Å². The molecule has 6 nitrogen and oxygen atoms in total. The van der Waals surface area contributed by atoms with Gasteiger partial charge in [0.2, 0.25) is 5.76 Å². The maximum atomic E-state index is 12.6. The van der Waals surface area contributed by atoms with Crippen molar-refractivity contribution < 1.29 is 22.4 Å². The molecule has 0 N–H and O–H groups in total. The van der Waals surface area contributed by atoms with E-state index in [0.717, 1.165) is 10.2 Å².